The highest BCUT2D eigenvalue weighted by Crippen LogP contribution is 2.06. The minimum atomic E-state index is -0.806. The van der Waals surface area contributed by atoms with Crippen LogP contribution in [0.3, 0.4) is 0 Å². The van der Waals surface area contributed by atoms with E-state index in [9.17, 15) is 4.79 Å². The molecule has 0 atom stereocenters. The van der Waals surface area contributed by atoms with Gasteiger partial charge in [-0.1, -0.05) is 49.1 Å². The summed E-state index contributed by atoms with van der Waals surface area (Å²) in [5, 5.41) is 8.55. The van der Waals surface area contributed by atoms with Crippen LogP contribution < -0.4 is 0 Å². The first-order valence-electron chi connectivity index (χ1n) is 4.32. The van der Waals surface area contributed by atoms with Crippen molar-refractivity contribution in [2.75, 3.05) is 0 Å². The number of carbonyl (C=O) groups is 1. The van der Waals surface area contributed by atoms with Gasteiger partial charge in [0.15, 0.2) is 0 Å². The van der Waals surface area contributed by atoms with E-state index in [2.05, 4.69) is 6.58 Å². The molecule has 0 fully saturated rings. The predicted molar refractivity (Wildman–Crippen MR) is 57.0 cm³/mol. The zero-order valence-electron chi connectivity index (χ0n) is 7.81. The molecule has 0 bridgehead atoms. The number of rotatable bonds is 4. The van der Waals surface area contributed by atoms with E-state index in [-0.39, 0.29) is 6.42 Å². The third kappa shape index (κ3) is 3.27. The molecule has 0 aliphatic heterocycles. The average molecular weight is 188 g/mol. The highest BCUT2D eigenvalue weighted by molar-refractivity contribution is 5.70. The molecule has 0 aromatic heterocycles. The lowest BCUT2D eigenvalue weighted by molar-refractivity contribution is -0.136. The SMILES string of the molecule is C=C/C=C/c1ccc(CC(=O)O)cc1. The Hall–Kier alpha value is -1.83. The largest absolute Gasteiger partial charge is 0.481 e. The quantitative estimate of drug-likeness (QED) is 0.737. The summed E-state index contributed by atoms with van der Waals surface area (Å²) < 4.78 is 0. The van der Waals surface area contributed by atoms with Crippen molar-refractivity contribution in [3.05, 3.63) is 54.1 Å². The third-order valence-electron chi connectivity index (χ3n) is 1.76. The molecule has 1 aromatic rings. The number of hydrogen-bond donors (Lipinski definition) is 1. The van der Waals surface area contributed by atoms with Gasteiger partial charge in [0.05, 0.1) is 6.42 Å². The summed E-state index contributed by atoms with van der Waals surface area (Å²) in [5.74, 6) is -0.806. The lowest BCUT2D eigenvalue weighted by atomic mass is 10.1. The first kappa shape index (κ1) is 10.3. The van der Waals surface area contributed by atoms with Crippen LogP contribution in [0.25, 0.3) is 6.08 Å². The van der Waals surface area contributed by atoms with Crippen molar-refractivity contribution >= 4 is 12.0 Å². The van der Waals surface area contributed by atoms with Crippen molar-refractivity contribution in [3.63, 3.8) is 0 Å². The minimum absolute atomic E-state index is 0.0749. The summed E-state index contributed by atoms with van der Waals surface area (Å²) >= 11 is 0. The van der Waals surface area contributed by atoms with E-state index in [0.29, 0.717) is 0 Å². The third-order valence-corrected chi connectivity index (χ3v) is 1.76. The first-order chi connectivity index (χ1) is 6.72. The summed E-state index contributed by atoms with van der Waals surface area (Å²) in [5.41, 5.74) is 1.85. The van der Waals surface area contributed by atoms with Gasteiger partial charge in [-0.05, 0) is 11.1 Å². The number of allylic oxidation sites excluding steroid dienone is 2. The van der Waals surface area contributed by atoms with Crippen LogP contribution in [0.2, 0.25) is 0 Å². The van der Waals surface area contributed by atoms with Crippen molar-refractivity contribution in [2.45, 2.75) is 6.42 Å². The van der Waals surface area contributed by atoms with Crippen LogP contribution in [0.5, 0.6) is 0 Å². The van der Waals surface area contributed by atoms with Crippen LogP contribution in [0.1, 0.15) is 11.1 Å². The maximum Gasteiger partial charge on any atom is 0.307 e. The Bertz CT molecular complexity index is 347. The van der Waals surface area contributed by atoms with Gasteiger partial charge in [0.2, 0.25) is 0 Å². The molecule has 0 saturated heterocycles. The van der Waals surface area contributed by atoms with Crippen LogP contribution in [-0.4, -0.2) is 11.1 Å². The van der Waals surface area contributed by atoms with E-state index < -0.39 is 5.97 Å². The molecule has 1 aromatic carbocycles. The van der Waals surface area contributed by atoms with Crippen molar-refractivity contribution < 1.29 is 9.90 Å². The molecule has 0 radical (unpaired) electrons. The molecule has 72 valence electrons. The molecule has 0 unspecified atom stereocenters. The Labute approximate surface area is 83.2 Å². The molecule has 0 aliphatic carbocycles. The van der Waals surface area contributed by atoms with E-state index in [1.807, 2.05) is 36.4 Å². The number of benzene rings is 1. The van der Waals surface area contributed by atoms with Gasteiger partial charge in [0.25, 0.3) is 0 Å². The summed E-state index contributed by atoms with van der Waals surface area (Å²) in [6.45, 7) is 3.57. The fourth-order valence-electron chi connectivity index (χ4n) is 1.10. The Morgan fingerprint density at radius 1 is 1.36 bits per heavy atom. The molecule has 14 heavy (non-hydrogen) atoms. The van der Waals surface area contributed by atoms with Crippen molar-refractivity contribution in [2.24, 2.45) is 0 Å². The molecule has 0 amide bonds. The fraction of sp³-hybridized carbons (Fsp3) is 0.0833. The number of carboxylic acids is 1. The molecule has 2 heteroatoms. The van der Waals surface area contributed by atoms with Crippen molar-refractivity contribution in [1.29, 1.82) is 0 Å². The van der Waals surface area contributed by atoms with E-state index in [1.54, 1.807) is 6.08 Å². The van der Waals surface area contributed by atoms with Gasteiger partial charge in [-0.2, -0.15) is 0 Å². The number of aliphatic carboxylic acids is 1. The molecule has 0 saturated carbocycles. The number of hydrogen-bond acceptors (Lipinski definition) is 1. The van der Waals surface area contributed by atoms with Gasteiger partial charge >= 0.3 is 5.97 Å². The minimum Gasteiger partial charge on any atom is -0.481 e. The summed E-state index contributed by atoms with van der Waals surface area (Å²) in [4.78, 5) is 10.4. The standard InChI is InChI=1S/C12H12O2/c1-2-3-4-10-5-7-11(8-6-10)9-12(13)14/h2-8H,1,9H2,(H,13,14)/b4-3+. The molecular weight excluding hydrogens is 176 g/mol. The van der Waals surface area contributed by atoms with Gasteiger partial charge in [0, 0.05) is 0 Å². The highest BCUT2D eigenvalue weighted by atomic mass is 16.4. The van der Waals surface area contributed by atoms with Crippen LogP contribution in [0, 0.1) is 0 Å². The Balaban J connectivity index is 2.73. The summed E-state index contributed by atoms with van der Waals surface area (Å²) in [7, 11) is 0. The van der Waals surface area contributed by atoms with E-state index in [0.717, 1.165) is 11.1 Å². The summed E-state index contributed by atoms with van der Waals surface area (Å²) in [6, 6.07) is 7.41. The maximum atomic E-state index is 10.4. The van der Waals surface area contributed by atoms with Crippen molar-refractivity contribution in [1.82, 2.24) is 0 Å². The lowest BCUT2D eigenvalue weighted by Gasteiger charge is -1.97. The van der Waals surface area contributed by atoms with Crippen LogP contribution in [-0.2, 0) is 11.2 Å². The molecule has 0 heterocycles. The topological polar surface area (TPSA) is 37.3 Å². The lowest BCUT2D eigenvalue weighted by Crippen LogP contribution is -1.99. The molecule has 2 nitrogen and oxygen atoms in total. The van der Waals surface area contributed by atoms with Crippen molar-refractivity contribution in [3.8, 4) is 0 Å². The second-order valence-electron chi connectivity index (χ2n) is 2.91. The Kier molecular flexibility index (Phi) is 3.68. The number of carboxylic acid groups (broad SMARTS) is 1. The van der Waals surface area contributed by atoms with Gasteiger partial charge in [-0.3, -0.25) is 4.79 Å². The predicted octanol–water partition coefficient (Wildman–Crippen LogP) is 2.51. The molecule has 1 rings (SSSR count). The van der Waals surface area contributed by atoms with E-state index in [4.69, 9.17) is 5.11 Å². The first-order valence-corrected chi connectivity index (χ1v) is 4.32. The smallest absolute Gasteiger partial charge is 0.307 e. The van der Waals surface area contributed by atoms with Gasteiger partial charge in [-0.15, -0.1) is 0 Å². The second-order valence-corrected chi connectivity index (χ2v) is 2.91. The molecule has 1 N–H and O–H groups in total. The normalized spacial score (nSPS) is 10.3. The van der Waals surface area contributed by atoms with Crippen LogP contribution in [0.15, 0.2) is 43.0 Å². The van der Waals surface area contributed by atoms with Gasteiger partial charge < -0.3 is 5.11 Å². The second kappa shape index (κ2) is 5.02. The van der Waals surface area contributed by atoms with E-state index in [1.165, 1.54) is 0 Å². The zero-order valence-corrected chi connectivity index (χ0v) is 7.81. The average Bonchev–Trinajstić information content (AvgIpc) is 2.16. The Morgan fingerprint density at radius 2 is 2.00 bits per heavy atom. The Morgan fingerprint density at radius 3 is 2.50 bits per heavy atom. The molecule has 0 spiro atoms. The van der Waals surface area contributed by atoms with Crippen LogP contribution >= 0.6 is 0 Å². The molecule has 0 aliphatic rings. The van der Waals surface area contributed by atoms with E-state index >= 15 is 0 Å². The zero-order chi connectivity index (χ0) is 10.4. The maximum absolute atomic E-state index is 10.4. The highest BCUT2D eigenvalue weighted by Gasteiger charge is 1.98. The molecular formula is C12H12O2. The fourth-order valence-corrected chi connectivity index (χ4v) is 1.10. The monoisotopic (exact) mass is 188 g/mol. The summed E-state index contributed by atoms with van der Waals surface area (Å²) in [6.07, 6.45) is 5.53. The van der Waals surface area contributed by atoms with Gasteiger partial charge in [0.1, 0.15) is 0 Å². The van der Waals surface area contributed by atoms with Gasteiger partial charge in [-0.25, -0.2) is 0 Å². The van der Waals surface area contributed by atoms with Crippen LogP contribution in [0.4, 0.5) is 0 Å².